The number of H-pyrrole nitrogens is 1. The van der Waals surface area contributed by atoms with Gasteiger partial charge in [0, 0.05) is 5.56 Å². The van der Waals surface area contributed by atoms with E-state index < -0.39 is 11.6 Å². The molecule has 0 radical (unpaired) electrons. The highest BCUT2D eigenvalue weighted by molar-refractivity contribution is 6.02. The number of nitrogens with zero attached hydrogens (tertiary/aromatic N) is 3. The van der Waals surface area contributed by atoms with Gasteiger partial charge < -0.3 is 15.5 Å². The number of ether oxygens (including phenoxy) is 1. The largest absolute Gasteiger partial charge is 0.497 e. The van der Waals surface area contributed by atoms with Crippen LogP contribution in [0.3, 0.4) is 0 Å². The molecule has 0 aliphatic heterocycles. The standard InChI is InChI=1S/C21H19N5O3/c1-11-7-8-14(9-12(11)2)26-20-17(24-21(26)28)16(18(22)27)23-19(25-20)13-5-4-6-15(10-13)29-3/h4-10H,1-3H3,(H2,22,27)(H,24,28). The number of benzene rings is 2. The average Bonchev–Trinajstić information content (AvgIpc) is 3.05. The first kappa shape index (κ1) is 18.4. The second-order valence-electron chi connectivity index (χ2n) is 6.72. The molecule has 0 atom stereocenters. The molecule has 0 aliphatic rings. The van der Waals surface area contributed by atoms with Crippen LogP contribution in [0.1, 0.15) is 21.6 Å². The van der Waals surface area contributed by atoms with Crippen molar-refractivity contribution in [3.63, 3.8) is 0 Å². The first-order valence-electron chi connectivity index (χ1n) is 8.93. The van der Waals surface area contributed by atoms with Crippen molar-refractivity contribution < 1.29 is 9.53 Å². The molecular weight excluding hydrogens is 370 g/mol. The first-order valence-corrected chi connectivity index (χ1v) is 8.93. The third-order valence-corrected chi connectivity index (χ3v) is 4.85. The number of hydrogen-bond acceptors (Lipinski definition) is 5. The van der Waals surface area contributed by atoms with Gasteiger partial charge in [-0.15, -0.1) is 0 Å². The molecule has 0 bridgehead atoms. The van der Waals surface area contributed by atoms with Gasteiger partial charge in [0.05, 0.1) is 12.8 Å². The Morgan fingerprint density at radius 3 is 2.59 bits per heavy atom. The number of nitrogens with two attached hydrogens (primary N) is 1. The van der Waals surface area contributed by atoms with Crippen molar-refractivity contribution in [2.24, 2.45) is 5.73 Å². The van der Waals surface area contributed by atoms with E-state index in [-0.39, 0.29) is 22.7 Å². The van der Waals surface area contributed by atoms with Crippen molar-refractivity contribution in [3.05, 3.63) is 69.8 Å². The summed E-state index contributed by atoms with van der Waals surface area (Å²) in [7, 11) is 1.56. The third-order valence-electron chi connectivity index (χ3n) is 4.85. The Balaban J connectivity index is 2.04. The molecule has 2 aromatic carbocycles. The van der Waals surface area contributed by atoms with Crippen molar-refractivity contribution in [2.75, 3.05) is 7.11 Å². The van der Waals surface area contributed by atoms with Gasteiger partial charge in [-0.05, 0) is 49.2 Å². The summed E-state index contributed by atoms with van der Waals surface area (Å²) in [5.74, 6) is 0.129. The van der Waals surface area contributed by atoms with E-state index in [1.807, 2.05) is 32.0 Å². The zero-order valence-electron chi connectivity index (χ0n) is 16.2. The minimum absolute atomic E-state index is 0.0486. The Labute approximate surface area is 166 Å². The minimum Gasteiger partial charge on any atom is -0.497 e. The minimum atomic E-state index is -0.755. The normalized spacial score (nSPS) is 11.0. The number of rotatable bonds is 4. The number of imidazole rings is 1. The summed E-state index contributed by atoms with van der Waals surface area (Å²) in [6, 6.07) is 12.8. The van der Waals surface area contributed by atoms with Gasteiger partial charge in [-0.1, -0.05) is 18.2 Å². The lowest BCUT2D eigenvalue weighted by Crippen LogP contribution is -2.15. The van der Waals surface area contributed by atoms with Crippen LogP contribution in [0.4, 0.5) is 0 Å². The van der Waals surface area contributed by atoms with Crippen LogP contribution in [-0.2, 0) is 0 Å². The van der Waals surface area contributed by atoms with E-state index in [0.29, 0.717) is 17.0 Å². The zero-order chi connectivity index (χ0) is 20.7. The predicted molar refractivity (Wildman–Crippen MR) is 109 cm³/mol. The molecule has 4 aromatic rings. The number of primary amides is 1. The molecule has 1 amide bonds. The van der Waals surface area contributed by atoms with E-state index in [4.69, 9.17) is 10.5 Å². The van der Waals surface area contributed by atoms with Gasteiger partial charge in [-0.25, -0.2) is 19.3 Å². The van der Waals surface area contributed by atoms with Crippen LogP contribution < -0.4 is 16.2 Å². The maximum absolute atomic E-state index is 12.7. The smallest absolute Gasteiger partial charge is 0.332 e. The maximum Gasteiger partial charge on any atom is 0.332 e. The summed E-state index contributed by atoms with van der Waals surface area (Å²) in [5.41, 5.74) is 8.94. The van der Waals surface area contributed by atoms with E-state index in [0.717, 1.165) is 11.1 Å². The number of aromatic amines is 1. The molecule has 8 nitrogen and oxygen atoms in total. The molecule has 0 unspecified atom stereocenters. The molecule has 146 valence electrons. The molecule has 0 spiro atoms. The van der Waals surface area contributed by atoms with Crippen LogP contribution in [0.15, 0.2) is 47.3 Å². The molecule has 2 aromatic heterocycles. The lowest BCUT2D eigenvalue weighted by atomic mass is 10.1. The summed E-state index contributed by atoms with van der Waals surface area (Å²) >= 11 is 0. The number of hydrogen-bond donors (Lipinski definition) is 2. The number of nitrogens with one attached hydrogen (secondary N) is 1. The van der Waals surface area contributed by atoms with Crippen LogP contribution in [0, 0.1) is 13.8 Å². The fraction of sp³-hybridized carbons (Fsp3) is 0.143. The number of amides is 1. The first-order chi connectivity index (χ1) is 13.9. The Morgan fingerprint density at radius 2 is 1.90 bits per heavy atom. The van der Waals surface area contributed by atoms with Gasteiger partial charge in [0.15, 0.2) is 17.2 Å². The number of carbonyl (C=O) groups excluding carboxylic acids is 1. The highest BCUT2D eigenvalue weighted by Gasteiger charge is 2.20. The van der Waals surface area contributed by atoms with Crippen molar-refractivity contribution in [2.45, 2.75) is 13.8 Å². The molecule has 0 fully saturated rings. The Bertz CT molecular complexity index is 1320. The number of methoxy groups -OCH3 is 1. The van der Waals surface area contributed by atoms with E-state index in [2.05, 4.69) is 15.0 Å². The average molecular weight is 389 g/mol. The summed E-state index contributed by atoms with van der Waals surface area (Å²) in [6.45, 7) is 3.95. The van der Waals surface area contributed by atoms with E-state index in [9.17, 15) is 9.59 Å². The van der Waals surface area contributed by atoms with Crippen molar-refractivity contribution in [1.82, 2.24) is 19.5 Å². The Kier molecular flexibility index (Phi) is 4.38. The summed E-state index contributed by atoms with van der Waals surface area (Å²) in [4.78, 5) is 36.3. The predicted octanol–water partition coefficient (Wildman–Crippen LogP) is 2.50. The molecule has 4 rings (SSSR count). The van der Waals surface area contributed by atoms with Crippen molar-refractivity contribution >= 4 is 17.1 Å². The molecule has 0 aliphatic carbocycles. The molecule has 29 heavy (non-hydrogen) atoms. The summed E-state index contributed by atoms with van der Waals surface area (Å²) < 4.78 is 6.67. The second kappa shape index (κ2) is 6.90. The van der Waals surface area contributed by atoms with Crippen molar-refractivity contribution in [3.8, 4) is 22.8 Å². The summed E-state index contributed by atoms with van der Waals surface area (Å²) in [6.07, 6.45) is 0. The van der Waals surface area contributed by atoms with Crippen molar-refractivity contribution in [1.29, 1.82) is 0 Å². The molecule has 3 N–H and O–H groups in total. The molecule has 8 heteroatoms. The monoisotopic (exact) mass is 389 g/mol. The fourth-order valence-electron chi connectivity index (χ4n) is 3.16. The van der Waals surface area contributed by atoms with Crippen LogP contribution in [0.25, 0.3) is 28.2 Å². The Hall–Kier alpha value is -3.94. The quantitative estimate of drug-likeness (QED) is 0.556. The fourth-order valence-corrected chi connectivity index (χ4v) is 3.16. The van der Waals surface area contributed by atoms with Gasteiger partial charge >= 0.3 is 5.69 Å². The van der Waals surface area contributed by atoms with Gasteiger partial charge in [-0.3, -0.25) is 4.79 Å². The Morgan fingerprint density at radius 1 is 1.10 bits per heavy atom. The highest BCUT2D eigenvalue weighted by Crippen LogP contribution is 2.25. The maximum atomic E-state index is 12.7. The zero-order valence-corrected chi connectivity index (χ0v) is 16.2. The molecule has 0 saturated carbocycles. The lowest BCUT2D eigenvalue weighted by molar-refractivity contribution is 0.0997. The van der Waals surface area contributed by atoms with Crippen LogP contribution >= 0.6 is 0 Å². The number of carbonyl (C=O) groups is 1. The van der Waals surface area contributed by atoms with Gasteiger partial charge in [0.1, 0.15) is 11.3 Å². The lowest BCUT2D eigenvalue weighted by Gasteiger charge is -2.09. The van der Waals surface area contributed by atoms with Gasteiger partial charge in [0.25, 0.3) is 5.91 Å². The van der Waals surface area contributed by atoms with Crippen LogP contribution in [0.2, 0.25) is 0 Å². The molecule has 2 heterocycles. The number of fused-ring (bicyclic) bond motifs is 1. The van der Waals surface area contributed by atoms with E-state index >= 15 is 0 Å². The van der Waals surface area contributed by atoms with Crippen LogP contribution in [0.5, 0.6) is 5.75 Å². The number of aromatic nitrogens is 4. The van der Waals surface area contributed by atoms with Crippen LogP contribution in [-0.4, -0.2) is 32.5 Å². The SMILES string of the molecule is COc1cccc(-c2nc(C(N)=O)c3[nH]c(=O)n(-c4ccc(C)c(C)c4)c3n2)c1. The van der Waals surface area contributed by atoms with E-state index in [1.165, 1.54) is 4.57 Å². The van der Waals surface area contributed by atoms with Gasteiger partial charge in [-0.2, -0.15) is 0 Å². The number of aryl methyl sites for hydroxylation is 2. The third kappa shape index (κ3) is 3.14. The second-order valence-corrected chi connectivity index (χ2v) is 6.72. The molecule has 0 saturated heterocycles. The topological polar surface area (TPSA) is 116 Å². The molecular formula is C21H19N5O3. The summed E-state index contributed by atoms with van der Waals surface area (Å²) in [5, 5.41) is 0. The van der Waals surface area contributed by atoms with Gasteiger partial charge in [0.2, 0.25) is 0 Å². The highest BCUT2D eigenvalue weighted by atomic mass is 16.5. The van der Waals surface area contributed by atoms with E-state index in [1.54, 1.807) is 31.4 Å².